The van der Waals surface area contributed by atoms with Crippen molar-refractivity contribution < 1.29 is 23.8 Å². The molecule has 0 unspecified atom stereocenters. The van der Waals surface area contributed by atoms with Gasteiger partial charge >= 0.3 is 0 Å². The van der Waals surface area contributed by atoms with Crippen LogP contribution in [0.25, 0.3) is 0 Å². The standard InChI is InChI=1S/C26H34N6O4/c1-15-14-18(28-23(33)16(2)27-24(34)17(3)30-36-26(4,5)6)11-12-19(15)29-21-22-20(32(8)25(21)35)10-9-13-31(22)7/h9-14,16-17,30H,1-8H3,(H,27,34)/p+1/t16-,17-/m0/s1. The Balaban J connectivity index is 1.68. The fourth-order valence-electron chi connectivity index (χ4n) is 3.58. The van der Waals surface area contributed by atoms with E-state index in [1.165, 1.54) is 0 Å². The molecule has 0 bridgehead atoms. The minimum Gasteiger partial charge on any atom is -0.343 e. The summed E-state index contributed by atoms with van der Waals surface area (Å²) in [6.45, 7) is 10.7. The Morgan fingerprint density at radius 3 is 2.44 bits per heavy atom. The van der Waals surface area contributed by atoms with Gasteiger partial charge in [-0.1, -0.05) is 0 Å². The Bertz CT molecular complexity index is 1220. The molecule has 3 N–H and O–H groups in total. The summed E-state index contributed by atoms with van der Waals surface area (Å²) >= 11 is 0. The van der Waals surface area contributed by atoms with Gasteiger partial charge in [0.15, 0.2) is 6.20 Å². The Morgan fingerprint density at radius 1 is 1.11 bits per heavy atom. The highest BCUT2D eigenvalue weighted by molar-refractivity contribution is 6.53. The van der Waals surface area contributed by atoms with Crippen LogP contribution in [0.1, 0.15) is 45.9 Å². The number of fused-ring (bicyclic) bond motifs is 1. The molecular formula is C26H35N6O4+. The third-order valence-electron chi connectivity index (χ3n) is 5.64. The third-order valence-corrected chi connectivity index (χ3v) is 5.64. The predicted molar refractivity (Wildman–Crippen MR) is 138 cm³/mol. The number of aliphatic imine (C=N–C) groups is 1. The molecule has 2 heterocycles. The molecule has 0 aliphatic carbocycles. The number of pyridine rings is 1. The van der Waals surface area contributed by atoms with Gasteiger partial charge in [0.1, 0.15) is 24.8 Å². The molecule has 1 aromatic heterocycles. The van der Waals surface area contributed by atoms with Crippen molar-refractivity contribution in [2.45, 2.75) is 59.2 Å². The van der Waals surface area contributed by atoms with E-state index in [0.717, 1.165) is 16.9 Å². The van der Waals surface area contributed by atoms with Crippen LogP contribution < -0.4 is 25.6 Å². The van der Waals surface area contributed by atoms with Crippen LogP contribution in [0.5, 0.6) is 0 Å². The first-order valence-corrected chi connectivity index (χ1v) is 11.8. The van der Waals surface area contributed by atoms with Crippen molar-refractivity contribution >= 4 is 40.5 Å². The van der Waals surface area contributed by atoms with Crippen LogP contribution in [-0.2, 0) is 26.3 Å². The van der Waals surface area contributed by atoms with Gasteiger partial charge in [-0.3, -0.25) is 19.2 Å². The van der Waals surface area contributed by atoms with Crippen molar-refractivity contribution in [2.75, 3.05) is 17.3 Å². The lowest BCUT2D eigenvalue weighted by atomic mass is 10.1. The number of hydrogen-bond donors (Lipinski definition) is 3. The summed E-state index contributed by atoms with van der Waals surface area (Å²) in [5.74, 6) is -0.895. The van der Waals surface area contributed by atoms with Gasteiger partial charge in [-0.2, -0.15) is 10.0 Å². The zero-order valence-electron chi connectivity index (χ0n) is 22.1. The normalized spacial score (nSPS) is 16.1. The van der Waals surface area contributed by atoms with Crippen LogP contribution in [0, 0.1) is 6.92 Å². The molecule has 2 atom stereocenters. The lowest BCUT2D eigenvalue weighted by Gasteiger charge is -2.23. The molecule has 10 heteroatoms. The van der Waals surface area contributed by atoms with E-state index in [0.29, 0.717) is 17.1 Å². The van der Waals surface area contributed by atoms with Gasteiger partial charge in [-0.25, -0.2) is 4.99 Å². The summed E-state index contributed by atoms with van der Waals surface area (Å²) < 4.78 is 1.88. The fourth-order valence-corrected chi connectivity index (χ4v) is 3.58. The molecule has 192 valence electrons. The molecule has 0 radical (unpaired) electrons. The quantitative estimate of drug-likeness (QED) is 0.402. The summed E-state index contributed by atoms with van der Waals surface area (Å²) in [5.41, 5.74) is 6.14. The SMILES string of the molecule is Cc1cc(NC(=O)[C@H](C)NC(=O)[C@H](C)NOC(C)(C)C)ccc1N=C1C(=O)N(C)c2ccc[n+](C)c21. The maximum atomic E-state index is 12.8. The molecule has 2 aromatic rings. The highest BCUT2D eigenvalue weighted by atomic mass is 16.7. The fraction of sp³-hybridized carbons (Fsp3) is 0.423. The molecule has 0 spiro atoms. The Hall–Kier alpha value is -3.63. The summed E-state index contributed by atoms with van der Waals surface area (Å²) in [7, 11) is 3.60. The molecular weight excluding hydrogens is 460 g/mol. The minimum absolute atomic E-state index is 0.176. The van der Waals surface area contributed by atoms with E-state index < -0.39 is 17.7 Å². The summed E-state index contributed by atoms with van der Waals surface area (Å²) in [6.07, 6.45) is 1.88. The van der Waals surface area contributed by atoms with E-state index in [1.807, 2.05) is 57.6 Å². The lowest BCUT2D eigenvalue weighted by molar-refractivity contribution is -0.671. The van der Waals surface area contributed by atoms with Crippen molar-refractivity contribution in [3.63, 3.8) is 0 Å². The third kappa shape index (κ3) is 6.13. The highest BCUT2D eigenvalue weighted by Crippen LogP contribution is 2.29. The maximum Gasteiger partial charge on any atom is 0.283 e. The molecule has 1 aliphatic heterocycles. The van der Waals surface area contributed by atoms with Crippen molar-refractivity contribution in [3.8, 4) is 0 Å². The molecule has 1 aliphatic rings. The smallest absolute Gasteiger partial charge is 0.283 e. The van der Waals surface area contributed by atoms with Crippen LogP contribution in [0.2, 0.25) is 0 Å². The van der Waals surface area contributed by atoms with Gasteiger partial charge in [0.25, 0.3) is 11.6 Å². The summed E-state index contributed by atoms with van der Waals surface area (Å²) in [5, 5.41) is 5.49. The molecule has 0 saturated carbocycles. The van der Waals surface area contributed by atoms with Gasteiger partial charge < -0.3 is 15.5 Å². The zero-order valence-corrected chi connectivity index (χ0v) is 22.1. The number of benzene rings is 1. The molecule has 36 heavy (non-hydrogen) atoms. The Morgan fingerprint density at radius 2 is 1.81 bits per heavy atom. The number of carbonyl (C=O) groups excluding carboxylic acids is 3. The van der Waals surface area contributed by atoms with Crippen LogP contribution in [0.15, 0.2) is 41.5 Å². The number of likely N-dealkylation sites (N-methyl/N-ethyl adjacent to an activating group) is 1. The molecule has 0 fully saturated rings. The molecule has 10 nitrogen and oxygen atoms in total. The van der Waals surface area contributed by atoms with E-state index in [-0.39, 0.29) is 17.7 Å². The van der Waals surface area contributed by atoms with Gasteiger partial charge in [0, 0.05) is 18.8 Å². The second-order valence-electron chi connectivity index (χ2n) is 9.95. The minimum atomic E-state index is -0.764. The Kier molecular flexibility index (Phi) is 7.90. The predicted octanol–water partition coefficient (Wildman–Crippen LogP) is 2.07. The van der Waals surface area contributed by atoms with Gasteiger partial charge in [0.05, 0.1) is 11.3 Å². The molecule has 3 rings (SSSR count). The van der Waals surface area contributed by atoms with Crippen LogP contribution >= 0.6 is 0 Å². The average molecular weight is 496 g/mol. The maximum absolute atomic E-state index is 12.8. The average Bonchev–Trinajstić information content (AvgIpc) is 3.04. The number of anilines is 2. The monoisotopic (exact) mass is 495 g/mol. The lowest BCUT2D eigenvalue weighted by Crippen LogP contribution is -2.50. The van der Waals surface area contributed by atoms with Crippen molar-refractivity contribution in [3.05, 3.63) is 47.8 Å². The topological polar surface area (TPSA) is 116 Å². The number of nitrogens with one attached hydrogen (secondary N) is 3. The van der Waals surface area contributed by atoms with Gasteiger partial charge in [0.2, 0.25) is 17.5 Å². The van der Waals surface area contributed by atoms with Crippen LogP contribution in [0.3, 0.4) is 0 Å². The van der Waals surface area contributed by atoms with E-state index in [9.17, 15) is 14.4 Å². The van der Waals surface area contributed by atoms with Gasteiger partial charge in [-0.15, -0.1) is 0 Å². The first kappa shape index (κ1) is 27.0. The number of amides is 3. The number of hydroxylamine groups is 1. The van der Waals surface area contributed by atoms with Crippen molar-refractivity contribution in [1.82, 2.24) is 10.8 Å². The number of rotatable bonds is 7. The Labute approximate surface area is 211 Å². The van der Waals surface area contributed by atoms with Gasteiger partial charge in [-0.05, 0) is 71.4 Å². The molecule has 0 saturated heterocycles. The molecule has 3 amide bonds. The van der Waals surface area contributed by atoms with E-state index >= 15 is 0 Å². The summed E-state index contributed by atoms with van der Waals surface area (Å²) in [4.78, 5) is 49.5. The number of hydrogen-bond acceptors (Lipinski definition) is 6. The van der Waals surface area contributed by atoms with Crippen LogP contribution in [0.4, 0.5) is 17.1 Å². The second-order valence-corrected chi connectivity index (χ2v) is 9.95. The largest absolute Gasteiger partial charge is 0.343 e. The van der Waals surface area contributed by atoms with Crippen LogP contribution in [-0.4, -0.2) is 48.2 Å². The number of aryl methyl sites for hydroxylation is 2. The zero-order chi connectivity index (χ0) is 26.8. The molecule has 1 aromatic carbocycles. The van der Waals surface area contributed by atoms with E-state index in [1.54, 1.807) is 44.0 Å². The highest BCUT2D eigenvalue weighted by Gasteiger charge is 2.38. The van der Waals surface area contributed by atoms with E-state index in [2.05, 4.69) is 21.1 Å². The first-order valence-electron chi connectivity index (χ1n) is 11.8. The second kappa shape index (κ2) is 10.5. The summed E-state index contributed by atoms with van der Waals surface area (Å²) in [6, 6.07) is 7.62. The number of aromatic nitrogens is 1. The van der Waals surface area contributed by atoms with Crippen molar-refractivity contribution in [2.24, 2.45) is 12.0 Å². The first-order chi connectivity index (χ1) is 16.8. The van der Waals surface area contributed by atoms with Crippen molar-refractivity contribution in [1.29, 1.82) is 0 Å². The number of carbonyl (C=O) groups is 3. The number of nitrogens with zero attached hydrogens (tertiary/aromatic N) is 3. The van der Waals surface area contributed by atoms with E-state index in [4.69, 9.17) is 4.84 Å².